The lowest BCUT2D eigenvalue weighted by Gasteiger charge is -2.09. The third-order valence-corrected chi connectivity index (χ3v) is 5.40. The number of rotatable bonds is 16. The van der Waals surface area contributed by atoms with Gasteiger partial charge >= 0.3 is 0 Å². The summed E-state index contributed by atoms with van der Waals surface area (Å²) >= 11 is 5.14. The van der Waals surface area contributed by atoms with Crippen LogP contribution in [0.5, 0.6) is 0 Å². The Labute approximate surface area is 182 Å². The zero-order valence-corrected chi connectivity index (χ0v) is 18.9. The Kier molecular flexibility index (Phi) is 15.3. The second kappa shape index (κ2) is 17.4. The van der Waals surface area contributed by atoms with Crippen molar-refractivity contribution in [3.8, 4) is 0 Å². The molecule has 5 heteroatoms. The highest BCUT2D eigenvalue weighted by atomic mass is 32.1. The number of carbonyl (C=O) groups is 1. The van der Waals surface area contributed by atoms with Gasteiger partial charge in [0.2, 0.25) is 0 Å². The van der Waals surface area contributed by atoms with Crippen molar-refractivity contribution in [1.29, 1.82) is 0 Å². The number of amides is 1. The summed E-state index contributed by atoms with van der Waals surface area (Å²) in [6.07, 6.45) is 18.7. The maximum absolute atomic E-state index is 12.9. The SMILES string of the molecule is CCCCCCCCCCCCCCCCNC(=S)NC(=O)c1ccc(F)cc1. The van der Waals surface area contributed by atoms with E-state index in [9.17, 15) is 9.18 Å². The molecule has 2 N–H and O–H groups in total. The van der Waals surface area contributed by atoms with Crippen molar-refractivity contribution in [1.82, 2.24) is 10.6 Å². The normalized spacial score (nSPS) is 10.7. The predicted molar refractivity (Wildman–Crippen MR) is 125 cm³/mol. The monoisotopic (exact) mass is 422 g/mol. The maximum atomic E-state index is 12.9. The molecular weight excluding hydrogens is 383 g/mol. The quantitative estimate of drug-likeness (QED) is 0.225. The molecule has 0 unspecified atom stereocenters. The second-order valence-corrected chi connectivity index (χ2v) is 8.22. The molecule has 0 atom stereocenters. The summed E-state index contributed by atoms with van der Waals surface area (Å²) in [6, 6.07) is 5.42. The van der Waals surface area contributed by atoms with Gasteiger partial charge in [-0.1, -0.05) is 90.4 Å². The number of thiocarbonyl (C=S) groups is 1. The summed E-state index contributed by atoms with van der Waals surface area (Å²) < 4.78 is 12.9. The minimum atomic E-state index is -0.361. The zero-order valence-electron chi connectivity index (χ0n) is 18.1. The smallest absolute Gasteiger partial charge is 0.257 e. The fourth-order valence-corrected chi connectivity index (χ4v) is 3.54. The highest BCUT2D eigenvalue weighted by molar-refractivity contribution is 7.80. The van der Waals surface area contributed by atoms with Gasteiger partial charge in [0.1, 0.15) is 5.82 Å². The highest BCUT2D eigenvalue weighted by Gasteiger charge is 2.07. The number of benzene rings is 1. The molecule has 0 aliphatic heterocycles. The van der Waals surface area contributed by atoms with Crippen LogP contribution in [-0.4, -0.2) is 17.6 Å². The third-order valence-electron chi connectivity index (χ3n) is 5.15. The van der Waals surface area contributed by atoms with Crippen molar-refractivity contribution in [2.24, 2.45) is 0 Å². The lowest BCUT2D eigenvalue weighted by Crippen LogP contribution is -2.39. The van der Waals surface area contributed by atoms with E-state index in [1.54, 1.807) is 0 Å². The Morgan fingerprint density at radius 3 is 1.72 bits per heavy atom. The van der Waals surface area contributed by atoms with Crippen LogP contribution in [0.25, 0.3) is 0 Å². The second-order valence-electron chi connectivity index (χ2n) is 7.81. The highest BCUT2D eigenvalue weighted by Crippen LogP contribution is 2.12. The fourth-order valence-electron chi connectivity index (χ4n) is 3.34. The summed E-state index contributed by atoms with van der Waals surface area (Å²) in [5.41, 5.74) is 0.395. The van der Waals surface area contributed by atoms with E-state index in [0.29, 0.717) is 10.7 Å². The molecule has 0 saturated carbocycles. The number of carbonyl (C=O) groups excluding carboxylic acids is 1. The standard InChI is InChI=1S/C24H39FN2OS/c1-2-3-4-5-6-7-8-9-10-11-12-13-14-15-20-26-24(29)27-23(28)21-16-18-22(25)19-17-21/h16-19H,2-15,20H2,1H3,(H2,26,27,28,29). The number of hydrogen-bond donors (Lipinski definition) is 2. The van der Waals surface area contributed by atoms with Crippen LogP contribution in [-0.2, 0) is 0 Å². The summed E-state index contributed by atoms with van der Waals surface area (Å²) in [6.45, 7) is 3.03. The van der Waals surface area contributed by atoms with E-state index in [0.717, 1.165) is 13.0 Å². The molecule has 0 radical (unpaired) electrons. The first-order valence-corrected chi connectivity index (χ1v) is 11.9. The van der Waals surface area contributed by atoms with E-state index >= 15 is 0 Å². The first kappa shape index (κ1) is 25.5. The van der Waals surface area contributed by atoms with Gasteiger partial charge in [-0.15, -0.1) is 0 Å². The average molecular weight is 423 g/mol. The van der Waals surface area contributed by atoms with Gasteiger partial charge in [0, 0.05) is 12.1 Å². The molecule has 0 spiro atoms. The first-order chi connectivity index (χ1) is 14.1. The molecule has 0 bridgehead atoms. The van der Waals surface area contributed by atoms with E-state index in [-0.39, 0.29) is 11.7 Å². The molecular formula is C24H39FN2OS. The molecule has 29 heavy (non-hydrogen) atoms. The maximum Gasteiger partial charge on any atom is 0.257 e. The molecule has 0 aliphatic carbocycles. The minimum Gasteiger partial charge on any atom is -0.362 e. The third kappa shape index (κ3) is 14.2. The van der Waals surface area contributed by atoms with Crippen LogP contribution >= 0.6 is 12.2 Å². The average Bonchev–Trinajstić information content (AvgIpc) is 2.71. The zero-order chi connectivity index (χ0) is 21.2. The summed E-state index contributed by atoms with van der Waals surface area (Å²) in [7, 11) is 0. The van der Waals surface area contributed by atoms with Gasteiger partial charge in [-0.25, -0.2) is 4.39 Å². The van der Waals surface area contributed by atoms with Gasteiger partial charge in [0.15, 0.2) is 5.11 Å². The van der Waals surface area contributed by atoms with E-state index in [4.69, 9.17) is 12.2 Å². The van der Waals surface area contributed by atoms with Gasteiger partial charge in [0.05, 0.1) is 0 Å². The van der Waals surface area contributed by atoms with Crippen molar-refractivity contribution in [3.05, 3.63) is 35.6 Å². The number of unbranched alkanes of at least 4 members (excludes halogenated alkanes) is 13. The van der Waals surface area contributed by atoms with E-state index < -0.39 is 0 Å². The largest absolute Gasteiger partial charge is 0.362 e. The fraction of sp³-hybridized carbons (Fsp3) is 0.667. The molecule has 1 rings (SSSR count). The number of nitrogens with one attached hydrogen (secondary N) is 2. The summed E-state index contributed by atoms with van der Waals surface area (Å²) in [5, 5.41) is 6.02. The Morgan fingerprint density at radius 2 is 1.24 bits per heavy atom. The van der Waals surface area contributed by atoms with Gasteiger partial charge < -0.3 is 5.32 Å². The van der Waals surface area contributed by atoms with Crippen molar-refractivity contribution >= 4 is 23.2 Å². The van der Waals surface area contributed by atoms with Gasteiger partial charge in [0.25, 0.3) is 5.91 Å². The Balaban J connectivity index is 1.87. The first-order valence-electron chi connectivity index (χ1n) is 11.5. The molecule has 1 aromatic rings. The molecule has 0 fully saturated rings. The van der Waals surface area contributed by atoms with Crippen LogP contribution in [0.2, 0.25) is 0 Å². The van der Waals surface area contributed by atoms with E-state index in [1.807, 2.05) is 0 Å². The van der Waals surface area contributed by atoms with Crippen LogP contribution in [0.1, 0.15) is 107 Å². The van der Waals surface area contributed by atoms with Crippen LogP contribution in [0.15, 0.2) is 24.3 Å². The Bertz CT molecular complexity index is 563. The summed E-state index contributed by atoms with van der Waals surface area (Å²) in [5.74, 6) is -0.677. The predicted octanol–water partition coefficient (Wildman–Crippen LogP) is 6.91. The molecule has 1 aromatic carbocycles. The number of hydrogen-bond acceptors (Lipinski definition) is 2. The molecule has 0 aliphatic rings. The lowest BCUT2D eigenvalue weighted by molar-refractivity contribution is 0.0976. The lowest BCUT2D eigenvalue weighted by atomic mass is 10.0. The molecule has 164 valence electrons. The van der Waals surface area contributed by atoms with Crippen molar-refractivity contribution in [2.75, 3.05) is 6.54 Å². The van der Waals surface area contributed by atoms with Gasteiger partial charge in [-0.2, -0.15) is 0 Å². The minimum absolute atomic E-state index is 0.316. The summed E-state index contributed by atoms with van der Waals surface area (Å²) in [4.78, 5) is 12.0. The van der Waals surface area contributed by atoms with Gasteiger partial charge in [-0.05, 0) is 42.9 Å². The molecule has 0 aromatic heterocycles. The van der Waals surface area contributed by atoms with Crippen molar-refractivity contribution < 1.29 is 9.18 Å². The van der Waals surface area contributed by atoms with Crippen molar-refractivity contribution in [2.45, 2.75) is 96.8 Å². The molecule has 1 amide bonds. The number of halogens is 1. The van der Waals surface area contributed by atoms with Crippen LogP contribution in [0.4, 0.5) is 4.39 Å². The Hall–Kier alpha value is -1.49. The van der Waals surface area contributed by atoms with Crippen LogP contribution in [0, 0.1) is 5.82 Å². The van der Waals surface area contributed by atoms with Crippen molar-refractivity contribution in [3.63, 3.8) is 0 Å². The van der Waals surface area contributed by atoms with Crippen LogP contribution in [0.3, 0.4) is 0 Å². The van der Waals surface area contributed by atoms with E-state index in [2.05, 4.69) is 17.6 Å². The van der Waals surface area contributed by atoms with Gasteiger partial charge in [-0.3, -0.25) is 10.1 Å². The Morgan fingerprint density at radius 1 is 0.793 bits per heavy atom. The van der Waals surface area contributed by atoms with Crippen LogP contribution < -0.4 is 10.6 Å². The molecule has 0 saturated heterocycles. The topological polar surface area (TPSA) is 41.1 Å². The molecule has 0 heterocycles. The van der Waals surface area contributed by atoms with E-state index in [1.165, 1.54) is 108 Å². The molecule has 3 nitrogen and oxygen atoms in total.